The highest BCUT2D eigenvalue weighted by Gasteiger charge is 2.13. The SMILES string of the molecule is COc1ccc(-c2cc(N)ncc2F)n2nccc12. The monoisotopic (exact) mass is 258 g/mol. The second-order valence-electron chi connectivity index (χ2n) is 4.00. The lowest BCUT2D eigenvalue weighted by Gasteiger charge is -2.09. The molecule has 19 heavy (non-hydrogen) atoms. The molecule has 0 radical (unpaired) electrons. The average Bonchev–Trinajstić information content (AvgIpc) is 2.90. The first-order valence-corrected chi connectivity index (χ1v) is 5.63. The van der Waals surface area contributed by atoms with Crippen molar-refractivity contribution in [3.63, 3.8) is 0 Å². The molecule has 0 fully saturated rings. The fourth-order valence-corrected chi connectivity index (χ4v) is 2.02. The van der Waals surface area contributed by atoms with Crippen LogP contribution in [-0.4, -0.2) is 21.7 Å². The van der Waals surface area contributed by atoms with Gasteiger partial charge in [0.25, 0.3) is 0 Å². The Morgan fingerprint density at radius 1 is 1.32 bits per heavy atom. The molecular formula is C13H11FN4O. The summed E-state index contributed by atoms with van der Waals surface area (Å²) in [5.74, 6) is 0.479. The Labute approximate surface area is 108 Å². The van der Waals surface area contributed by atoms with E-state index in [2.05, 4.69) is 10.1 Å². The van der Waals surface area contributed by atoms with Gasteiger partial charge >= 0.3 is 0 Å². The molecule has 0 bridgehead atoms. The second-order valence-corrected chi connectivity index (χ2v) is 4.00. The molecule has 2 N–H and O–H groups in total. The van der Waals surface area contributed by atoms with Gasteiger partial charge in [0, 0.05) is 5.56 Å². The van der Waals surface area contributed by atoms with E-state index in [0.29, 0.717) is 17.0 Å². The van der Waals surface area contributed by atoms with Gasteiger partial charge in [0.15, 0.2) is 5.82 Å². The van der Waals surface area contributed by atoms with Crippen molar-refractivity contribution in [2.75, 3.05) is 12.8 Å². The van der Waals surface area contributed by atoms with Crippen LogP contribution in [0.2, 0.25) is 0 Å². The van der Waals surface area contributed by atoms with Gasteiger partial charge in [-0.25, -0.2) is 13.9 Å². The van der Waals surface area contributed by atoms with Gasteiger partial charge in [0.2, 0.25) is 0 Å². The molecule has 0 aliphatic carbocycles. The summed E-state index contributed by atoms with van der Waals surface area (Å²) in [4.78, 5) is 3.71. The van der Waals surface area contributed by atoms with E-state index in [1.54, 1.807) is 36.0 Å². The third kappa shape index (κ3) is 1.77. The van der Waals surface area contributed by atoms with Gasteiger partial charge in [0.1, 0.15) is 17.1 Å². The molecule has 0 spiro atoms. The summed E-state index contributed by atoms with van der Waals surface area (Å²) in [5.41, 5.74) is 7.31. The number of hydrogen-bond donors (Lipinski definition) is 1. The normalized spacial score (nSPS) is 10.8. The van der Waals surface area contributed by atoms with Crippen LogP contribution in [0, 0.1) is 5.82 Å². The van der Waals surface area contributed by atoms with E-state index in [-0.39, 0.29) is 5.82 Å². The summed E-state index contributed by atoms with van der Waals surface area (Å²) in [7, 11) is 1.58. The third-order valence-electron chi connectivity index (χ3n) is 2.89. The fourth-order valence-electron chi connectivity index (χ4n) is 2.02. The predicted octanol–water partition coefficient (Wildman–Crippen LogP) is 2.13. The molecule has 3 heterocycles. The number of halogens is 1. The fraction of sp³-hybridized carbons (Fsp3) is 0.0769. The number of pyridine rings is 2. The Hall–Kier alpha value is -2.63. The molecule has 0 aromatic carbocycles. The molecule has 0 aliphatic rings. The maximum absolute atomic E-state index is 13.9. The van der Waals surface area contributed by atoms with Gasteiger partial charge in [-0.3, -0.25) is 0 Å². The van der Waals surface area contributed by atoms with Crippen LogP contribution >= 0.6 is 0 Å². The van der Waals surface area contributed by atoms with Crippen molar-refractivity contribution < 1.29 is 9.13 Å². The van der Waals surface area contributed by atoms with Crippen LogP contribution in [0.15, 0.2) is 36.7 Å². The van der Waals surface area contributed by atoms with E-state index in [1.165, 1.54) is 6.07 Å². The number of anilines is 1. The van der Waals surface area contributed by atoms with Crippen LogP contribution in [0.5, 0.6) is 5.75 Å². The number of rotatable bonds is 2. The Bertz CT molecular complexity index is 753. The number of nitrogen functional groups attached to an aromatic ring is 1. The van der Waals surface area contributed by atoms with E-state index in [4.69, 9.17) is 10.5 Å². The summed E-state index contributed by atoms with van der Waals surface area (Å²) in [6, 6.07) is 6.78. The van der Waals surface area contributed by atoms with E-state index >= 15 is 0 Å². The van der Waals surface area contributed by atoms with Crippen LogP contribution < -0.4 is 10.5 Å². The van der Waals surface area contributed by atoms with Crippen molar-refractivity contribution in [2.45, 2.75) is 0 Å². The van der Waals surface area contributed by atoms with Gasteiger partial charge < -0.3 is 10.5 Å². The molecule has 3 rings (SSSR count). The molecule has 6 heteroatoms. The Kier molecular flexibility index (Phi) is 2.56. The zero-order valence-corrected chi connectivity index (χ0v) is 10.2. The van der Waals surface area contributed by atoms with Crippen LogP contribution in [0.3, 0.4) is 0 Å². The van der Waals surface area contributed by atoms with Crippen LogP contribution in [-0.2, 0) is 0 Å². The molecular weight excluding hydrogens is 247 g/mol. The maximum atomic E-state index is 13.9. The first-order valence-electron chi connectivity index (χ1n) is 5.63. The smallest absolute Gasteiger partial charge is 0.151 e. The Morgan fingerprint density at radius 2 is 2.16 bits per heavy atom. The van der Waals surface area contributed by atoms with Crippen LogP contribution in [0.1, 0.15) is 0 Å². The van der Waals surface area contributed by atoms with Crippen molar-refractivity contribution in [2.24, 2.45) is 0 Å². The molecule has 3 aromatic heterocycles. The molecule has 0 unspecified atom stereocenters. The van der Waals surface area contributed by atoms with E-state index in [0.717, 1.165) is 11.7 Å². The number of fused-ring (bicyclic) bond motifs is 1. The topological polar surface area (TPSA) is 65.4 Å². The van der Waals surface area contributed by atoms with Crippen molar-refractivity contribution in [3.8, 4) is 17.0 Å². The lowest BCUT2D eigenvalue weighted by atomic mass is 10.1. The summed E-state index contributed by atoms with van der Waals surface area (Å²) < 4.78 is 20.7. The number of ether oxygens (including phenoxy) is 1. The Balaban J connectivity index is 2.31. The molecule has 0 amide bonds. The van der Waals surface area contributed by atoms with E-state index < -0.39 is 5.82 Å². The number of methoxy groups -OCH3 is 1. The molecule has 0 saturated carbocycles. The van der Waals surface area contributed by atoms with Crippen LogP contribution in [0.25, 0.3) is 16.8 Å². The highest BCUT2D eigenvalue weighted by atomic mass is 19.1. The minimum absolute atomic E-state index is 0.257. The van der Waals surface area contributed by atoms with E-state index in [1.807, 2.05) is 0 Å². The molecule has 96 valence electrons. The summed E-state index contributed by atoms with van der Waals surface area (Å²) in [6.07, 6.45) is 2.73. The van der Waals surface area contributed by atoms with E-state index in [9.17, 15) is 4.39 Å². The molecule has 3 aromatic rings. The largest absolute Gasteiger partial charge is 0.494 e. The van der Waals surface area contributed by atoms with Gasteiger partial charge in [-0.05, 0) is 24.3 Å². The van der Waals surface area contributed by atoms with Gasteiger partial charge in [-0.1, -0.05) is 0 Å². The third-order valence-corrected chi connectivity index (χ3v) is 2.89. The van der Waals surface area contributed by atoms with Crippen molar-refractivity contribution in [3.05, 3.63) is 42.5 Å². The number of nitrogens with zero attached hydrogens (tertiary/aromatic N) is 3. The Morgan fingerprint density at radius 3 is 2.95 bits per heavy atom. The van der Waals surface area contributed by atoms with Crippen molar-refractivity contribution in [1.29, 1.82) is 0 Å². The number of aromatic nitrogens is 3. The number of hydrogen-bond acceptors (Lipinski definition) is 4. The quantitative estimate of drug-likeness (QED) is 0.764. The zero-order valence-electron chi connectivity index (χ0n) is 10.2. The second kappa shape index (κ2) is 4.24. The molecule has 0 aliphatic heterocycles. The first-order chi connectivity index (χ1) is 9.20. The molecule has 0 saturated heterocycles. The van der Waals surface area contributed by atoms with Gasteiger partial charge in [-0.2, -0.15) is 5.10 Å². The zero-order chi connectivity index (χ0) is 13.4. The van der Waals surface area contributed by atoms with Gasteiger partial charge in [0.05, 0.1) is 25.2 Å². The molecule has 5 nitrogen and oxygen atoms in total. The summed E-state index contributed by atoms with van der Waals surface area (Å²) >= 11 is 0. The average molecular weight is 258 g/mol. The first kappa shape index (κ1) is 11.5. The highest BCUT2D eigenvalue weighted by molar-refractivity contribution is 5.70. The molecule has 0 atom stereocenters. The van der Waals surface area contributed by atoms with Crippen LogP contribution in [0.4, 0.5) is 10.2 Å². The minimum atomic E-state index is -0.448. The minimum Gasteiger partial charge on any atom is -0.494 e. The number of nitrogens with two attached hydrogens (primary N) is 1. The summed E-state index contributed by atoms with van der Waals surface area (Å²) in [5, 5.41) is 4.18. The lowest BCUT2D eigenvalue weighted by Crippen LogP contribution is -2.00. The van der Waals surface area contributed by atoms with Crippen molar-refractivity contribution in [1.82, 2.24) is 14.6 Å². The lowest BCUT2D eigenvalue weighted by molar-refractivity contribution is 0.417. The van der Waals surface area contributed by atoms with Gasteiger partial charge in [-0.15, -0.1) is 0 Å². The predicted molar refractivity (Wildman–Crippen MR) is 69.3 cm³/mol. The van der Waals surface area contributed by atoms with Crippen molar-refractivity contribution >= 4 is 11.3 Å². The summed E-state index contributed by atoms with van der Waals surface area (Å²) in [6.45, 7) is 0. The highest BCUT2D eigenvalue weighted by Crippen LogP contribution is 2.28. The maximum Gasteiger partial charge on any atom is 0.151 e. The standard InChI is InChI=1S/C13H11FN4O/c1-19-12-3-2-10(18-11(12)4-5-17-18)8-6-13(15)16-7-9(8)14/h2-7H,1H3,(H2,15,16).